The van der Waals surface area contributed by atoms with Crippen LogP contribution in [0.3, 0.4) is 0 Å². The van der Waals surface area contributed by atoms with Crippen LogP contribution in [-0.2, 0) is 0 Å². The molecule has 3 aromatic rings. The highest BCUT2D eigenvalue weighted by Gasteiger charge is 2.14. The van der Waals surface area contributed by atoms with Crippen LogP contribution in [0.5, 0.6) is 0 Å². The Kier molecular flexibility index (Phi) is 3.03. The molecule has 0 atom stereocenters. The Morgan fingerprint density at radius 2 is 1.90 bits per heavy atom. The molecule has 0 saturated carbocycles. The molecule has 0 amide bonds. The predicted molar refractivity (Wildman–Crippen MR) is 80.3 cm³/mol. The summed E-state index contributed by atoms with van der Waals surface area (Å²) in [6, 6.07) is 12.2. The average molecular weight is 327 g/mol. The van der Waals surface area contributed by atoms with Crippen molar-refractivity contribution in [2.45, 2.75) is 13.8 Å². The maximum absolute atomic E-state index is 9.24. The molecule has 4 nitrogen and oxygen atoms in total. The topological polar surface area (TPSA) is 54.0 Å². The summed E-state index contributed by atoms with van der Waals surface area (Å²) in [7, 11) is 0. The zero-order chi connectivity index (χ0) is 14.3. The quantitative estimate of drug-likeness (QED) is 0.685. The molecule has 3 rings (SSSR count). The molecule has 20 heavy (non-hydrogen) atoms. The van der Waals surface area contributed by atoms with Crippen molar-refractivity contribution in [3.63, 3.8) is 0 Å². The van der Waals surface area contributed by atoms with Gasteiger partial charge in [-0.15, -0.1) is 0 Å². The van der Waals surface area contributed by atoms with E-state index in [4.69, 9.17) is 0 Å². The molecule has 2 aromatic heterocycles. The molecule has 5 heteroatoms. The van der Waals surface area contributed by atoms with Gasteiger partial charge in [-0.05, 0) is 32.0 Å². The van der Waals surface area contributed by atoms with Crippen molar-refractivity contribution in [2.75, 3.05) is 0 Å². The van der Waals surface area contributed by atoms with Crippen LogP contribution < -0.4 is 0 Å². The zero-order valence-corrected chi connectivity index (χ0v) is 12.6. The second-order valence-electron chi connectivity index (χ2n) is 4.60. The largest absolute Gasteiger partial charge is 0.233 e. The van der Waals surface area contributed by atoms with E-state index in [1.807, 2.05) is 44.2 Å². The van der Waals surface area contributed by atoms with Crippen LogP contribution >= 0.6 is 15.9 Å². The number of nitrogens with zero attached hydrogens (tertiary/aromatic N) is 4. The van der Waals surface area contributed by atoms with Crippen LogP contribution in [0.15, 0.2) is 34.8 Å². The Morgan fingerprint density at radius 1 is 1.20 bits per heavy atom. The third kappa shape index (κ3) is 1.98. The highest BCUT2D eigenvalue weighted by molar-refractivity contribution is 9.10. The Morgan fingerprint density at radius 3 is 2.55 bits per heavy atom. The van der Waals surface area contributed by atoms with Gasteiger partial charge in [0, 0.05) is 15.7 Å². The number of rotatable bonds is 1. The minimum atomic E-state index is 0.534. The Hall–Kier alpha value is -2.19. The van der Waals surface area contributed by atoms with E-state index < -0.39 is 0 Å². The van der Waals surface area contributed by atoms with Gasteiger partial charge in [0.2, 0.25) is 0 Å². The lowest BCUT2D eigenvalue weighted by molar-refractivity contribution is 0.917. The monoisotopic (exact) mass is 326 g/mol. The van der Waals surface area contributed by atoms with Crippen molar-refractivity contribution in [1.82, 2.24) is 14.6 Å². The Labute approximate surface area is 124 Å². The van der Waals surface area contributed by atoms with E-state index >= 15 is 0 Å². The van der Waals surface area contributed by atoms with Gasteiger partial charge in [-0.3, -0.25) is 0 Å². The van der Waals surface area contributed by atoms with E-state index in [1.165, 1.54) is 0 Å². The van der Waals surface area contributed by atoms with Crippen LogP contribution in [0.1, 0.15) is 17.0 Å². The Balaban J connectivity index is 2.36. The van der Waals surface area contributed by atoms with E-state index in [0.717, 1.165) is 21.4 Å². The summed E-state index contributed by atoms with van der Waals surface area (Å²) in [5.74, 6) is 0. The number of nitriles is 1. The number of hydrogen-bond acceptors (Lipinski definition) is 3. The van der Waals surface area contributed by atoms with Crippen molar-refractivity contribution in [3.8, 4) is 17.3 Å². The Bertz CT molecular complexity index is 841. The predicted octanol–water partition coefficient (Wildman–Crippen LogP) is 3.65. The third-order valence-corrected chi connectivity index (χ3v) is 3.67. The van der Waals surface area contributed by atoms with Gasteiger partial charge in [-0.25, -0.2) is 9.50 Å². The lowest BCUT2D eigenvalue weighted by Gasteiger charge is -2.06. The van der Waals surface area contributed by atoms with Crippen LogP contribution in [-0.4, -0.2) is 14.6 Å². The summed E-state index contributed by atoms with van der Waals surface area (Å²) in [4.78, 5) is 4.44. The van der Waals surface area contributed by atoms with Gasteiger partial charge in [-0.2, -0.15) is 10.4 Å². The SMILES string of the molecule is Cc1cc(-c2ccc(Br)cc2)n2nc(C)c(C#N)c2n1. The van der Waals surface area contributed by atoms with E-state index in [1.54, 1.807) is 4.52 Å². The molecule has 2 heterocycles. The van der Waals surface area contributed by atoms with Crippen molar-refractivity contribution < 1.29 is 0 Å². The minimum absolute atomic E-state index is 0.534. The summed E-state index contributed by atoms with van der Waals surface area (Å²) >= 11 is 3.43. The van der Waals surface area contributed by atoms with E-state index in [0.29, 0.717) is 16.9 Å². The van der Waals surface area contributed by atoms with E-state index in [9.17, 15) is 5.26 Å². The molecule has 0 fully saturated rings. The smallest absolute Gasteiger partial charge is 0.174 e. The molecule has 1 aromatic carbocycles. The van der Waals surface area contributed by atoms with Crippen molar-refractivity contribution in [1.29, 1.82) is 5.26 Å². The standard InChI is InChI=1S/C15H11BrN4/c1-9-7-14(11-3-5-12(16)6-4-11)20-15(18-9)13(8-17)10(2)19-20/h3-7H,1-2H3. The highest BCUT2D eigenvalue weighted by atomic mass is 79.9. The molecular weight excluding hydrogens is 316 g/mol. The first kappa shape index (κ1) is 12.8. The molecule has 98 valence electrons. The number of halogens is 1. The number of aryl methyl sites for hydroxylation is 2. The molecule has 0 saturated heterocycles. The first-order valence-corrected chi connectivity index (χ1v) is 6.92. The fourth-order valence-electron chi connectivity index (χ4n) is 2.20. The normalized spacial score (nSPS) is 10.7. The van der Waals surface area contributed by atoms with Gasteiger partial charge < -0.3 is 0 Å². The lowest BCUT2D eigenvalue weighted by Crippen LogP contribution is -1.98. The molecule has 0 N–H and O–H groups in total. The third-order valence-electron chi connectivity index (χ3n) is 3.14. The van der Waals surface area contributed by atoms with E-state index in [2.05, 4.69) is 32.1 Å². The van der Waals surface area contributed by atoms with Crippen LogP contribution in [0, 0.1) is 25.2 Å². The first-order valence-electron chi connectivity index (χ1n) is 6.13. The van der Waals surface area contributed by atoms with Crippen LogP contribution in [0.25, 0.3) is 16.9 Å². The highest BCUT2D eigenvalue weighted by Crippen LogP contribution is 2.25. The summed E-state index contributed by atoms with van der Waals surface area (Å²) in [5, 5.41) is 13.7. The fourth-order valence-corrected chi connectivity index (χ4v) is 2.47. The molecular formula is C15H11BrN4. The van der Waals surface area contributed by atoms with Crippen molar-refractivity contribution >= 4 is 21.6 Å². The van der Waals surface area contributed by atoms with E-state index in [-0.39, 0.29) is 0 Å². The zero-order valence-electron chi connectivity index (χ0n) is 11.1. The first-order chi connectivity index (χ1) is 9.60. The number of benzene rings is 1. The molecule has 0 aliphatic rings. The number of aromatic nitrogens is 3. The van der Waals surface area contributed by atoms with Gasteiger partial charge >= 0.3 is 0 Å². The second kappa shape index (κ2) is 4.73. The number of hydrogen-bond donors (Lipinski definition) is 0. The van der Waals surface area contributed by atoms with Crippen LogP contribution in [0.4, 0.5) is 0 Å². The second-order valence-corrected chi connectivity index (χ2v) is 5.51. The summed E-state index contributed by atoms with van der Waals surface area (Å²) in [5.41, 5.74) is 4.69. The lowest BCUT2D eigenvalue weighted by atomic mass is 10.1. The minimum Gasteiger partial charge on any atom is -0.233 e. The molecule has 0 unspecified atom stereocenters. The molecule has 0 radical (unpaired) electrons. The van der Waals surface area contributed by atoms with Gasteiger partial charge in [-0.1, -0.05) is 28.1 Å². The van der Waals surface area contributed by atoms with Gasteiger partial charge in [0.15, 0.2) is 5.65 Å². The molecule has 0 bridgehead atoms. The summed E-state index contributed by atoms with van der Waals surface area (Å²) in [6.45, 7) is 3.75. The van der Waals surface area contributed by atoms with Gasteiger partial charge in [0.1, 0.15) is 11.6 Å². The van der Waals surface area contributed by atoms with Gasteiger partial charge in [0.05, 0.1) is 11.4 Å². The molecule has 0 aliphatic carbocycles. The summed E-state index contributed by atoms with van der Waals surface area (Å²) in [6.07, 6.45) is 0. The van der Waals surface area contributed by atoms with Crippen molar-refractivity contribution in [2.24, 2.45) is 0 Å². The van der Waals surface area contributed by atoms with Crippen molar-refractivity contribution in [3.05, 3.63) is 51.8 Å². The number of fused-ring (bicyclic) bond motifs is 1. The molecule has 0 spiro atoms. The average Bonchev–Trinajstić information content (AvgIpc) is 2.74. The maximum Gasteiger partial charge on any atom is 0.174 e. The maximum atomic E-state index is 9.24. The fraction of sp³-hybridized carbons (Fsp3) is 0.133. The van der Waals surface area contributed by atoms with Gasteiger partial charge in [0.25, 0.3) is 0 Å². The molecule has 0 aliphatic heterocycles. The van der Waals surface area contributed by atoms with Crippen LogP contribution in [0.2, 0.25) is 0 Å². The summed E-state index contributed by atoms with van der Waals surface area (Å²) < 4.78 is 2.77.